The van der Waals surface area contributed by atoms with Crippen LogP contribution in [0.15, 0.2) is 24.8 Å². The van der Waals surface area contributed by atoms with Crippen LogP contribution in [0, 0.1) is 0 Å². The molecule has 0 N–H and O–H groups in total. The van der Waals surface area contributed by atoms with Crippen molar-refractivity contribution in [3.05, 3.63) is 50.4 Å². The molecular weight excluding hydrogens is 302 g/mol. The SMILES string of the molecule is C[n+]1ccn(Cc2c(Cl)c(Cl)cc(Cl)c2Cl)c1. The first-order valence-corrected chi connectivity index (χ1v) is 6.33. The fourth-order valence-corrected chi connectivity index (χ4v) is 2.51. The summed E-state index contributed by atoms with van der Waals surface area (Å²) >= 11 is 24.2. The lowest BCUT2D eigenvalue weighted by Crippen LogP contribution is -2.23. The predicted molar refractivity (Wildman–Crippen MR) is 71.2 cm³/mol. The molecule has 1 aromatic heterocycles. The maximum Gasteiger partial charge on any atom is 0.243 e. The highest BCUT2D eigenvalue weighted by atomic mass is 35.5. The molecule has 0 fully saturated rings. The first kappa shape index (κ1) is 13.0. The highest BCUT2D eigenvalue weighted by Gasteiger charge is 2.16. The molecule has 2 nitrogen and oxygen atoms in total. The summed E-state index contributed by atoms with van der Waals surface area (Å²) in [7, 11) is 1.94. The van der Waals surface area contributed by atoms with Crippen LogP contribution < -0.4 is 4.57 Å². The highest BCUT2D eigenvalue weighted by molar-refractivity contribution is 6.48. The molecule has 1 heterocycles. The van der Waals surface area contributed by atoms with Gasteiger partial charge in [-0.2, -0.15) is 0 Å². The Labute approximate surface area is 119 Å². The smallest absolute Gasteiger partial charge is 0.240 e. The zero-order valence-corrected chi connectivity index (χ0v) is 11.9. The normalized spacial score (nSPS) is 10.9. The molecule has 0 spiro atoms. The molecule has 0 saturated carbocycles. The van der Waals surface area contributed by atoms with E-state index in [0.29, 0.717) is 26.6 Å². The van der Waals surface area contributed by atoms with Crippen molar-refractivity contribution in [3.8, 4) is 0 Å². The molecule has 1 aromatic carbocycles. The van der Waals surface area contributed by atoms with Crippen molar-refractivity contribution in [2.45, 2.75) is 6.54 Å². The minimum atomic E-state index is 0.410. The minimum absolute atomic E-state index is 0.410. The molecule has 0 unspecified atom stereocenters. The summed E-state index contributed by atoms with van der Waals surface area (Å²) in [5.74, 6) is 0. The lowest BCUT2D eigenvalue weighted by Gasteiger charge is -2.08. The van der Waals surface area contributed by atoms with Gasteiger partial charge in [0.15, 0.2) is 0 Å². The van der Waals surface area contributed by atoms with Crippen LogP contribution in [0.1, 0.15) is 5.56 Å². The number of benzene rings is 1. The molecule has 0 aliphatic heterocycles. The first-order chi connectivity index (χ1) is 7.99. The van der Waals surface area contributed by atoms with Crippen molar-refractivity contribution < 1.29 is 4.57 Å². The van der Waals surface area contributed by atoms with Crippen LogP contribution in [0.2, 0.25) is 20.1 Å². The monoisotopic (exact) mass is 309 g/mol. The Balaban J connectivity index is 2.45. The van der Waals surface area contributed by atoms with Gasteiger partial charge in [0.2, 0.25) is 6.33 Å². The largest absolute Gasteiger partial charge is 0.243 e. The van der Waals surface area contributed by atoms with E-state index in [-0.39, 0.29) is 0 Å². The third kappa shape index (κ3) is 2.71. The van der Waals surface area contributed by atoms with Crippen LogP contribution in [0.25, 0.3) is 0 Å². The Morgan fingerprint density at radius 3 is 2.18 bits per heavy atom. The summed E-state index contributed by atoms with van der Waals surface area (Å²) in [6, 6.07) is 1.55. The second-order valence-electron chi connectivity index (χ2n) is 3.70. The van der Waals surface area contributed by atoms with Gasteiger partial charge < -0.3 is 0 Å². The van der Waals surface area contributed by atoms with Crippen LogP contribution in [0.4, 0.5) is 0 Å². The molecule has 0 radical (unpaired) electrons. The molecule has 0 aliphatic rings. The molecule has 90 valence electrons. The summed E-state index contributed by atoms with van der Waals surface area (Å²) < 4.78 is 3.87. The Kier molecular flexibility index (Phi) is 3.88. The molecule has 0 atom stereocenters. The second-order valence-corrected chi connectivity index (χ2v) is 5.27. The van der Waals surface area contributed by atoms with Gasteiger partial charge in [0.25, 0.3) is 0 Å². The first-order valence-electron chi connectivity index (χ1n) is 4.82. The van der Waals surface area contributed by atoms with Crippen molar-refractivity contribution in [3.63, 3.8) is 0 Å². The maximum absolute atomic E-state index is 6.13. The van der Waals surface area contributed by atoms with E-state index in [0.717, 1.165) is 5.56 Å². The fourth-order valence-electron chi connectivity index (χ4n) is 1.54. The molecule has 6 heteroatoms. The van der Waals surface area contributed by atoms with E-state index in [1.165, 1.54) is 0 Å². The van der Waals surface area contributed by atoms with Crippen molar-refractivity contribution in [1.29, 1.82) is 0 Å². The van der Waals surface area contributed by atoms with Gasteiger partial charge in [0.05, 0.1) is 27.1 Å². The molecule has 2 rings (SSSR count). The summed E-state index contributed by atoms with van der Waals surface area (Å²) in [4.78, 5) is 0. The topological polar surface area (TPSA) is 8.81 Å². The summed E-state index contributed by atoms with van der Waals surface area (Å²) in [5.41, 5.74) is 0.724. The number of nitrogens with zero attached hydrogens (tertiary/aromatic N) is 2. The number of hydrogen-bond donors (Lipinski definition) is 0. The summed E-state index contributed by atoms with van der Waals surface area (Å²) in [6.07, 6.45) is 5.76. The van der Waals surface area contributed by atoms with Crippen molar-refractivity contribution in [2.75, 3.05) is 0 Å². The van der Waals surface area contributed by atoms with Gasteiger partial charge in [0, 0.05) is 5.56 Å². The zero-order valence-electron chi connectivity index (χ0n) is 8.92. The van der Waals surface area contributed by atoms with Gasteiger partial charge in [-0.1, -0.05) is 46.4 Å². The zero-order chi connectivity index (χ0) is 12.6. The van der Waals surface area contributed by atoms with Crippen LogP contribution in [-0.2, 0) is 13.6 Å². The van der Waals surface area contributed by atoms with E-state index < -0.39 is 0 Å². The standard InChI is InChI=1S/C11H9Cl4N2/c1-16-2-3-17(6-16)5-7-10(14)8(12)4-9(13)11(7)15/h2-4,6H,5H2,1H3/q+1. The Hall–Kier alpha value is -0.410. The number of aromatic nitrogens is 2. The third-order valence-electron chi connectivity index (χ3n) is 2.37. The van der Waals surface area contributed by atoms with Crippen molar-refractivity contribution >= 4 is 46.4 Å². The second kappa shape index (κ2) is 5.07. The van der Waals surface area contributed by atoms with Gasteiger partial charge in [-0.3, -0.25) is 0 Å². The molecule has 2 aromatic rings. The van der Waals surface area contributed by atoms with Crippen LogP contribution in [-0.4, -0.2) is 4.57 Å². The van der Waals surface area contributed by atoms with E-state index in [4.69, 9.17) is 46.4 Å². The highest BCUT2D eigenvalue weighted by Crippen LogP contribution is 2.37. The van der Waals surface area contributed by atoms with Crippen LogP contribution >= 0.6 is 46.4 Å². The Morgan fingerprint density at radius 2 is 1.71 bits per heavy atom. The van der Waals surface area contributed by atoms with Gasteiger partial charge in [-0.25, -0.2) is 9.13 Å². The molecule has 0 amide bonds. The molecule has 0 aliphatic carbocycles. The molecule has 0 bridgehead atoms. The van der Waals surface area contributed by atoms with Gasteiger partial charge in [0.1, 0.15) is 18.9 Å². The minimum Gasteiger partial charge on any atom is -0.240 e. The number of halogens is 4. The predicted octanol–water partition coefficient (Wildman–Crippen LogP) is 3.97. The molecule has 17 heavy (non-hydrogen) atoms. The average Bonchev–Trinajstić information content (AvgIpc) is 2.68. The van der Waals surface area contributed by atoms with Crippen LogP contribution in [0.5, 0.6) is 0 Å². The lowest BCUT2D eigenvalue weighted by atomic mass is 10.2. The summed E-state index contributed by atoms with van der Waals surface area (Å²) in [5, 5.41) is 1.70. The Bertz CT molecular complexity index is 537. The Morgan fingerprint density at radius 1 is 1.12 bits per heavy atom. The van der Waals surface area contributed by atoms with E-state index in [1.807, 2.05) is 34.9 Å². The van der Waals surface area contributed by atoms with E-state index >= 15 is 0 Å². The van der Waals surface area contributed by atoms with Crippen LogP contribution in [0.3, 0.4) is 0 Å². The number of imidazole rings is 1. The quantitative estimate of drug-likeness (QED) is 0.586. The maximum atomic E-state index is 6.13. The third-order valence-corrected chi connectivity index (χ3v) is 4.02. The average molecular weight is 311 g/mol. The van der Waals surface area contributed by atoms with Gasteiger partial charge in [-0.05, 0) is 6.07 Å². The molecule has 0 saturated heterocycles. The van der Waals surface area contributed by atoms with Gasteiger partial charge >= 0.3 is 0 Å². The fraction of sp³-hybridized carbons (Fsp3) is 0.182. The van der Waals surface area contributed by atoms with E-state index in [9.17, 15) is 0 Å². The van der Waals surface area contributed by atoms with Crippen molar-refractivity contribution in [2.24, 2.45) is 7.05 Å². The van der Waals surface area contributed by atoms with Gasteiger partial charge in [-0.15, -0.1) is 0 Å². The molecular formula is C11H9Cl4N2+. The van der Waals surface area contributed by atoms with E-state index in [1.54, 1.807) is 6.07 Å². The van der Waals surface area contributed by atoms with E-state index in [2.05, 4.69) is 0 Å². The number of rotatable bonds is 2. The number of aryl methyl sites for hydroxylation is 1. The lowest BCUT2D eigenvalue weighted by molar-refractivity contribution is -0.671. The van der Waals surface area contributed by atoms with Crippen molar-refractivity contribution in [1.82, 2.24) is 4.57 Å². The number of hydrogen-bond acceptors (Lipinski definition) is 0. The summed E-state index contributed by atoms with van der Waals surface area (Å²) in [6.45, 7) is 0.527.